The number of hydrogen-bond donors (Lipinski definition) is 0. The molecule has 2 rings (SSSR count). The lowest BCUT2D eigenvalue weighted by molar-refractivity contribution is 0.298. The van der Waals surface area contributed by atoms with Gasteiger partial charge in [0.05, 0.1) is 17.9 Å². The minimum atomic E-state index is -0.369. The van der Waals surface area contributed by atoms with Crippen LogP contribution in [0.25, 0.3) is 0 Å². The molecule has 1 heterocycles. The molecule has 2 aromatic rings. The molecule has 0 N–H and O–H groups in total. The van der Waals surface area contributed by atoms with Crippen molar-refractivity contribution in [1.82, 2.24) is 9.55 Å². The molecule has 0 radical (unpaired) electrons. The summed E-state index contributed by atoms with van der Waals surface area (Å²) in [4.78, 5) is 3.91. The van der Waals surface area contributed by atoms with Crippen molar-refractivity contribution >= 4 is 11.6 Å². The van der Waals surface area contributed by atoms with Crippen molar-refractivity contribution in [3.8, 4) is 5.75 Å². The molecule has 0 saturated heterocycles. The Kier molecular flexibility index (Phi) is 3.41. The normalized spacial score (nSPS) is 10.4. The van der Waals surface area contributed by atoms with Gasteiger partial charge in [0.15, 0.2) is 0 Å². The van der Waals surface area contributed by atoms with Crippen LogP contribution >= 0.6 is 11.6 Å². The van der Waals surface area contributed by atoms with Crippen molar-refractivity contribution in [1.29, 1.82) is 0 Å². The molecule has 0 atom stereocenters. The molecule has 0 fully saturated rings. The Morgan fingerprint density at radius 2 is 2.31 bits per heavy atom. The number of aromatic nitrogens is 2. The summed E-state index contributed by atoms with van der Waals surface area (Å²) < 4.78 is 20.0. The molecule has 16 heavy (non-hydrogen) atoms. The highest BCUT2D eigenvalue weighted by molar-refractivity contribution is 6.32. The second kappa shape index (κ2) is 4.99. The third-order valence-corrected chi connectivity index (χ3v) is 2.36. The van der Waals surface area contributed by atoms with Gasteiger partial charge in [-0.05, 0) is 18.2 Å². The summed E-state index contributed by atoms with van der Waals surface area (Å²) >= 11 is 5.81. The van der Waals surface area contributed by atoms with E-state index in [1.165, 1.54) is 18.2 Å². The molecule has 84 valence electrons. The summed E-state index contributed by atoms with van der Waals surface area (Å²) in [5, 5.41) is 0.283. The van der Waals surface area contributed by atoms with Crippen LogP contribution in [0.3, 0.4) is 0 Å². The van der Waals surface area contributed by atoms with Crippen LogP contribution in [0.15, 0.2) is 36.9 Å². The number of ether oxygens (including phenoxy) is 1. The minimum absolute atomic E-state index is 0.283. The van der Waals surface area contributed by atoms with E-state index in [0.717, 1.165) is 0 Å². The average molecular weight is 241 g/mol. The zero-order chi connectivity index (χ0) is 11.4. The molecule has 0 amide bonds. The van der Waals surface area contributed by atoms with E-state index in [1.54, 1.807) is 12.5 Å². The monoisotopic (exact) mass is 240 g/mol. The fourth-order valence-corrected chi connectivity index (χ4v) is 1.49. The van der Waals surface area contributed by atoms with Crippen LogP contribution in [-0.2, 0) is 6.54 Å². The molecule has 5 heteroatoms. The molecule has 1 aromatic carbocycles. The molecular formula is C11H10ClFN2O. The fraction of sp³-hybridized carbons (Fsp3) is 0.182. The van der Waals surface area contributed by atoms with Gasteiger partial charge in [-0.25, -0.2) is 9.37 Å². The van der Waals surface area contributed by atoms with Gasteiger partial charge >= 0.3 is 0 Å². The van der Waals surface area contributed by atoms with E-state index in [4.69, 9.17) is 16.3 Å². The van der Waals surface area contributed by atoms with Crippen molar-refractivity contribution in [2.75, 3.05) is 6.61 Å². The zero-order valence-electron chi connectivity index (χ0n) is 8.44. The lowest BCUT2D eigenvalue weighted by atomic mass is 10.3. The lowest BCUT2D eigenvalue weighted by Crippen LogP contribution is -2.06. The molecule has 0 aliphatic rings. The van der Waals surface area contributed by atoms with Crippen LogP contribution in [0.1, 0.15) is 0 Å². The van der Waals surface area contributed by atoms with Gasteiger partial charge in [0.1, 0.15) is 18.2 Å². The van der Waals surface area contributed by atoms with Crippen LogP contribution in [-0.4, -0.2) is 16.2 Å². The van der Waals surface area contributed by atoms with Gasteiger partial charge in [-0.15, -0.1) is 0 Å². The van der Waals surface area contributed by atoms with Crippen molar-refractivity contribution in [2.24, 2.45) is 0 Å². The predicted octanol–water partition coefficient (Wildman–Crippen LogP) is 2.75. The molecule has 3 nitrogen and oxygen atoms in total. The third kappa shape index (κ3) is 2.73. The summed E-state index contributed by atoms with van der Waals surface area (Å²) in [6.45, 7) is 1.13. The Labute approximate surface area is 97.4 Å². The molecule has 0 aliphatic carbocycles. The maximum absolute atomic E-state index is 12.7. The summed E-state index contributed by atoms with van der Waals surface area (Å²) in [5.41, 5.74) is 0. The number of imidazole rings is 1. The number of halogens is 2. The standard InChI is InChI=1S/C11H10ClFN2O/c12-10-7-9(13)1-2-11(10)16-6-5-15-4-3-14-8-15/h1-4,7-8H,5-6H2. The first-order valence-corrected chi connectivity index (χ1v) is 5.17. The molecule has 0 spiro atoms. The fourth-order valence-electron chi connectivity index (χ4n) is 1.27. The lowest BCUT2D eigenvalue weighted by Gasteiger charge is -2.08. The summed E-state index contributed by atoms with van der Waals surface area (Å²) in [5.74, 6) is 0.121. The van der Waals surface area contributed by atoms with Crippen LogP contribution < -0.4 is 4.74 Å². The number of nitrogens with zero attached hydrogens (tertiary/aromatic N) is 2. The molecule has 1 aromatic heterocycles. The van der Waals surface area contributed by atoms with Gasteiger partial charge in [-0.2, -0.15) is 0 Å². The molecule has 0 saturated carbocycles. The second-order valence-corrected chi connectivity index (χ2v) is 3.63. The highest BCUT2D eigenvalue weighted by atomic mass is 35.5. The van der Waals surface area contributed by atoms with Gasteiger partial charge in [0.25, 0.3) is 0 Å². The largest absolute Gasteiger partial charge is 0.490 e. The second-order valence-electron chi connectivity index (χ2n) is 3.22. The summed E-state index contributed by atoms with van der Waals surface area (Å²) in [6, 6.07) is 4.07. The number of hydrogen-bond acceptors (Lipinski definition) is 2. The van der Waals surface area contributed by atoms with Crippen LogP contribution in [0.2, 0.25) is 5.02 Å². The first kappa shape index (κ1) is 11.0. The van der Waals surface area contributed by atoms with E-state index >= 15 is 0 Å². The molecular weight excluding hydrogens is 231 g/mol. The zero-order valence-corrected chi connectivity index (χ0v) is 9.19. The van der Waals surface area contributed by atoms with Crippen molar-refractivity contribution in [3.05, 3.63) is 47.8 Å². The van der Waals surface area contributed by atoms with Gasteiger partial charge in [0.2, 0.25) is 0 Å². The van der Waals surface area contributed by atoms with Crippen molar-refractivity contribution < 1.29 is 9.13 Å². The van der Waals surface area contributed by atoms with Gasteiger partial charge < -0.3 is 9.30 Å². The van der Waals surface area contributed by atoms with Crippen LogP contribution in [0, 0.1) is 5.82 Å². The first-order valence-electron chi connectivity index (χ1n) is 4.79. The third-order valence-electron chi connectivity index (χ3n) is 2.06. The van der Waals surface area contributed by atoms with E-state index in [9.17, 15) is 4.39 Å². The average Bonchev–Trinajstić information content (AvgIpc) is 2.74. The maximum atomic E-state index is 12.7. The molecule has 0 bridgehead atoms. The van der Waals surface area contributed by atoms with Gasteiger partial charge in [0, 0.05) is 12.4 Å². The summed E-state index contributed by atoms with van der Waals surface area (Å²) in [6.07, 6.45) is 5.25. The van der Waals surface area contributed by atoms with E-state index in [0.29, 0.717) is 18.9 Å². The Morgan fingerprint density at radius 1 is 1.44 bits per heavy atom. The van der Waals surface area contributed by atoms with Crippen LogP contribution in [0.5, 0.6) is 5.75 Å². The quantitative estimate of drug-likeness (QED) is 0.822. The smallest absolute Gasteiger partial charge is 0.138 e. The Balaban J connectivity index is 1.90. The highest BCUT2D eigenvalue weighted by Crippen LogP contribution is 2.24. The van der Waals surface area contributed by atoms with Gasteiger partial charge in [-0.3, -0.25) is 0 Å². The summed E-state index contributed by atoms with van der Waals surface area (Å²) in [7, 11) is 0. The van der Waals surface area contributed by atoms with Crippen molar-refractivity contribution in [3.63, 3.8) is 0 Å². The Hall–Kier alpha value is -1.55. The minimum Gasteiger partial charge on any atom is -0.490 e. The SMILES string of the molecule is Fc1ccc(OCCn2ccnc2)c(Cl)c1. The number of rotatable bonds is 4. The topological polar surface area (TPSA) is 27.1 Å². The van der Waals surface area contributed by atoms with E-state index in [1.807, 2.05) is 10.8 Å². The number of benzene rings is 1. The van der Waals surface area contributed by atoms with Gasteiger partial charge in [-0.1, -0.05) is 11.6 Å². The Bertz CT molecular complexity index is 459. The van der Waals surface area contributed by atoms with E-state index < -0.39 is 0 Å². The van der Waals surface area contributed by atoms with Crippen LogP contribution in [0.4, 0.5) is 4.39 Å². The van der Waals surface area contributed by atoms with Crippen molar-refractivity contribution in [2.45, 2.75) is 6.54 Å². The maximum Gasteiger partial charge on any atom is 0.138 e. The first-order chi connectivity index (χ1) is 7.75. The van der Waals surface area contributed by atoms with E-state index in [-0.39, 0.29) is 10.8 Å². The molecule has 0 aliphatic heterocycles. The van der Waals surface area contributed by atoms with E-state index in [2.05, 4.69) is 4.98 Å². The highest BCUT2D eigenvalue weighted by Gasteiger charge is 2.02. The molecule has 0 unspecified atom stereocenters. The predicted molar refractivity (Wildman–Crippen MR) is 59.1 cm³/mol. The Morgan fingerprint density at radius 3 is 3.00 bits per heavy atom.